The number of para-hydroxylation sites is 1. The lowest BCUT2D eigenvalue weighted by molar-refractivity contribution is -0.151. The molecule has 1 heterocycles. The Morgan fingerprint density at radius 3 is 2.56 bits per heavy atom. The number of ether oxygens (including phenoxy) is 1. The van der Waals surface area contributed by atoms with Crippen molar-refractivity contribution in [2.24, 2.45) is 0 Å². The fourth-order valence-corrected chi connectivity index (χ4v) is 2.80. The lowest BCUT2D eigenvalue weighted by atomic mass is 10.0. The van der Waals surface area contributed by atoms with E-state index in [0.29, 0.717) is 12.2 Å². The van der Waals surface area contributed by atoms with Gasteiger partial charge in [0.15, 0.2) is 0 Å². The highest BCUT2D eigenvalue weighted by Gasteiger charge is 2.21. The number of carbonyl (C=O) groups is 2. The first-order valence-electron chi connectivity index (χ1n) is 8.22. The maximum atomic E-state index is 12.3. The van der Waals surface area contributed by atoms with Crippen molar-refractivity contribution in [1.82, 2.24) is 0 Å². The molecule has 25 heavy (non-hydrogen) atoms. The third-order valence-corrected chi connectivity index (χ3v) is 3.92. The molecule has 4 heteroatoms. The molecule has 0 N–H and O–H groups in total. The molecular formula is C21H19NO3. The summed E-state index contributed by atoms with van der Waals surface area (Å²) >= 11 is 0. The first-order valence-corrected chi connectivity index (χ1v) is 8.22. The summed E-state index contributed by atoms with van der Waals surface area (Å²) in [5.41, 5.74) is 3.61. The molecule has 0 amide bonds. The van der Waals surface area contributed by atoms with Crippen LogP contribution in [0.4, 0.5) is 5.69 Å². The Kier molecular flexibility index (Phi) is 5.09. The van der Waals surface area contributed by atoms with Gasteiger partial charge < -0.3 is 9.64 Å². The number of benzene rings is 2. The lowest BCUT2D eigenvalue weighted by Gasteiger charge is -2.30. The van der Waals surface area contributed by atoms with Gasteiger partial charge >= 0.3 is 5.97 Å². The monoisotopic (exact) mass is 333 g/mol. The normalized spacial score (nSPS) is 13.3. The van der Waals surface area contributed by atoms with Crippen LogP contribution in [-0.4, -0.2) is 24.9 Å². The average Bonchev–Trinajstić information content (AvgIpc) is 2.66. The standard InChI is InChI=1S/C21H19NO3/c1-2-25-21(24)20(23)15-19(17-9-4-3-5-10-17)22-14-8-12-16-11-6-7-13-18(16)22/h3-13,15H,2,14H2,1H3/b19-15-. The predicted octanol–water partition coefficient (Wildman–Crippen LogP) is 3.69. The van der Waals surface area contributed by atoms with Crippen LogP contribution in [0.25, 0.3) is 11.8 Å². The van der Waals surface area contributed by atoms with Crippen LogP contribution in [0.2, 0.25) is 0 Å². The first kappa shape index (κ1) is 16.7. The molecule has 0 saturated heterocycles. The minimum Gasteiger partial charge on any atom is -0.460 e. The van der Waals surface area contributed by atoms with E-state index in [4.69, 9.17) is 4.74 Å². The molecule has 4 nitrogen and oxygen atoms in total. The molecule has 0 saturated carbocycles. The topological polar surface area (TPSA) is 46.6 Å². The summed E-state index contributed by atoms with van der Waals surface area (Å²) in [6, 6.07) is 17.5. The Labute approximate surface area is 147 Å². The highest BCUT2D eigenvalue weighted by molar-refractivity contribution is 6.39. The smallest absolute Gasteiger partial charge is 0.379 e. The minimum atomic E-state index is -0.836. The molecule has 0 aromatic heterocycles. The average molecular weight is 333 g/mol. The number of ketones is 1. The van der Waals surface area contributed by atoms with Crippen molar-refractivity contribution in [3.8, 4) is 0 Å². The van der Waals surface area contributed by atoms with Gasteiger partial charge in [-0.05, 0) is 24.1 Å². The Morgan fingerprint density at radius 1 is 1.08 bits per heavy atom. The van der Waals surface area contributed by atoms with Crippen molar-refractivity contribution in [1.29, 1.82) is 0 Å². The zero-order valence-corrected chi connectivity index (χ0v) is 14.0. The molecule has 2 aromatic carbocycles. The summed E-state index contributed by atoms with van der Waals surface area (Å²) < 4.78 is 4.83. The van der Waals surface area contributed by atoms with Gasteiger partial charge in [0.1, 0.15) is 0 Å². The molecule has 0 atom stereocenters. The second-order valence-corrected chi connectivity index (χ2v) is 5.55. The first-order chi connectivity index (χ1) is 12.2. The summed E-state index contributed by atoms with van der Waals surface area (Å²) in [6.07, 6.45) is 5.46. The molecule has 0 unspecified atom stereocenters. The number of fused-ring (bicyclic) bond motifs is 1. The maximum Gasteiger partial charge on any atom is 0.379 e. The predicted molar refractivity (Wildman–Crippen MR) is 98.9 cm³/mol. The summed E-state index contributed by atoms with van der Waals surface area (Å²) in [5, 5.41) is 0. The van der Waals surface area contributed by atoms with Gasteiger partial charge in [-0.3, -0.25) is 4.79 Å². The van der Waals surface area contributed by atoms with Crippen LogP contribution in [0.5, 0.6) is 0 Å². The lowest BCUT2D eigenvalue weighted by Crippen LogP contribution is -2.26. The highest BCUT2D eigenvalue weighted by atomic mass is 16.5. The van der Waals surface area contributed by atoms with Crippen molar-refractivity contribution in [3.63, 3.8) is 0 Å². The molecule has 0 fully saturated rings. The molecule has 0 radical (unpaired) electrons. The second kappa shape index (κ2) is 7.62. The van der Waals surface area contributed by atoms with Crippen LogP contribution in [-0.2, 0) is 14.3 Å². The molecule has 0 bridgehead atoms. The van der Waals surface area contributed by atoms with E-state index in [9.17, 15) is 9.59 Å². The van der Waals surface area contributed by atoms with Crippen LogP contribution < -0.4 is 4.90 Å². The fraction of sp³-hybridized carbons (Fsp3) is 0.143. The summed E-state index contributed by atoms with van der Waals surface area (Å²) in [4.78, 5) is 26.1. The van der Waals surface area contributed by atoms with Gasteiger partial charge in [-0.15, -0.1) is 0 Å². The van der Waals surface area contributed by atoms with Crippen LogP contribution >= 0.6 is 0 Å². The quantitative estimate of drug-likeness (QED) is 0.476. The van der Waals surface area contributed by atoms with E-state index in [1.54, 1.807) is 6.92 Å². The van der Waals surface area contributed by atoms with E-state index in [1.807, 2.05) is 65.6 Å². The number of rotatable bonds is 5. The largest absolute Gasteiger partial charge is 0.460 e. The number of anilines is 1. The van der Waals surface area contributed by atoms with E-state index >= 15 is 0 Å². The van der Waals surface area contributed by atoms with Crippen LogP contribution in [0.3, 0.4) is 0 Å². The Morgan fingerprint density at radius 2 is 1.80 bits per heavy atom. The molecular weight excluding hydrogens is 314 g/mol. The highest BCUT2D eigenvalue weighted by Crippen LogP contribution is 2.32. The Hall–Kier alpha value is -3.14. The Balaban J connectivity index is 2.05. The van der Waals surface area contributed by atoms with Crippen LogP contribution in [0.1, 0.15) is 18.1 Å². The number of hydrogen-bond acceptors (Lipinski definition) is 4. The van der Waals surface area contributed by atoms with E-state index < -0.39 is 11.8 Å². The van der Waals surface area contributed by atoms with E-state index in [2.05, 4.69) is 6.08 Å². The fourth-order valence-electron chi connectivity index (χ4n) is 2.80. The molecule has 0 spiro atoms. The molecule has 0 aliphatic carbocycles. The third kappa shape index (κ3) is 3.69. The van der Waals surface area contributed by atoms with E-state index in [-0.39, 0.29) is 6.61 Å². The molecule has 3 rings (SSSR count). The van der Waals surface area contributed by atoms with Crippen molar-refractivity contribution in [3.05, 3.63) is 77.9 Å². The summed E-state index contributed by atoms with van der Waals surface area (Å²) in [7, 11) is 0. The molecule has 126 valence electrons. The van der Waals surface area contributed by atoms with Gasteiger partial charge in [-0.2, -0.15) is 0 Å². The summed E-state index contributed by atoms with van der Waals surface area (Å²) in [6.45, 7) is 2.47. The van der Waals surface area contributed by atoms with Gasteiger partial charge in [0, 0.05) is 18.3 Å². The third-order valence-electron chi connectivity index (χ3n) is 3.92. The van der Waals surface area contributed by atoms with Crippen LogP contribution in [0.15, 0.2) is 66.7 Å². The molecule has 2 aromatic rings. The number of carbonyl (C=O) groups excluding carboxylic acids is 2. The van der Waals surface area contributed by atoms with Gasteiger partial charge in [-0.1, -0.05) is 60.7 Å². The molecule has 1 aliphatic rings. The van der Waals surface area contributed by atoms with Crippen LogP contribution in [0, 0.1) is 0 Å². The Bertz CT molecular complexity index is 837. The van der Waals surface area contributed by atoms with Crippen molar-refractivity contribution >= 4 is 29.2 Å². The SMILES string of the molecule is CCOC(=O)C(=O)/C=C(/c1ccccc1)N1CC=Cc2ccccc21. The maximum absolute atomic E-state index is 12.3. The van der Waals surface area contributed by atoms with Crippen molar-refractivity contribution in [2.75, 3.05) is 18.1 Å². The van der Waals surface area contributed by atoms with Gasteiger partial charge in [0.05, 0.1) is 12.3 Å². The number of esters is 1. The number of nitrogens with zero attached hydrogens (tertiary/aromatic N) is 1. The van der Waals surface area contributed by atoms with E-state index in [1.165, 1.54) is 6.08 Å². The van der Waals surface area contributed by atoms with Gasteiger partial charge in [0.2, 0.25) is 0 Å². The van der Waals surface area contributed by atoms with Gasteiger partial charge in [0.25, 0.3) is 5.78 Å². The second-order valence-electron chi connectivity index (χ2n) is 5.55. The molecule has 1 aliphatic heterocycles. The summed E-state index contributed by atoms with van der Waals surface area (Å²) in [5.74, 6) is -1.50. The zero-order chi connectivity index (χ0) is 17.6. The van der Waals surface area contributed by atoms with E-state index in [0.717, 1.165) is 16.8 Å². The minimum absolute atomic E-state index is 0.175. The zero-order valence-electron chi connectivity index (χ0n) is 14.0. The van der Waals surface area contributed by atoms with Crippen molar-refractivity contribution in [2.45, 2.75) is 6.92 Å². The van der Waals surface area contributed by atoms with Gasteiger partial charge in [-0.25, -0.2) is 4.79 Å². The number of hydrogen-bond donors (Lipinski definition) is 0. The van der Waals surface area contributed by atoms with Crippen molar-refractivity contribution < 1.29 is 14.3 Å².